The van der Waals surface area contributed by atoms with E-state index < -0.39 is 0 Å². The van der Waals surface area contributed by atoms with Crippen LogP contribution in [0, 0.1) is 0 Å². The number of ether oxygens (including phenoxy) is 1. The number of amides is 1. The Kier molecular flexibility index (Phi) is 5.83. The molecule has 0 radical (unpaired) electrons. The zero-order valence-electron chi connectivity index (χ0n) is 12.2. The molecule has 1 atom stereocenters. The minimum Gasteiger partial charge on any atom is -0.495 e. The molecule has 0 bridgehead atoms. The third-order valence-corrected chi connectivity index (χ3v) is 2.99. The SMILES string of the molecule is COc1ccc(C(C)C)cc1NC(=O)CCC(C)N. The molecule has 106 valence electrons. The van der Waals surface area contributed by atoms with Crippen LogP contribution < -0.4 is 15.8 Å². The highest BCUT2D eigenvalue weighted by atomic mass is 16.5. The molecule has 0 aliphatic heterocycles. The maximum Gasteiger partial charge on any atom is 0.224 e. The zero-order chi connectivity index (χ0) is 14.4. The fourth-order valence-electron chi connectivity index (χ4n) is 1.75. The summed E-state index contributed by atoms with van der Waals surface area (Å²) in [5.74, 6) is 1.06. The Hall–Kier alpha value is -1.55. The largest absolute Gasteiger partial charge is 0.495 e. The molecule has 1 rings (SSSR count). The summed E-state index contributed by atoms with van der Waals surface area (Å²) in [7, 11) is 1.60. The van der Waals surface area contributed by atoms with Crippen molar-refractivity contribution in [3.05, 3.63) is 23.8 Å². The monoisotopic (exact) mass is 264 g/mol. The summed E-state index contributed by atoms with van der Waals surface area (Å²) in [6.45, 7) is 6.13. The van der Waals surface area contributed by atoms with E-state index >= 15 is 0 Å². The van der Waals surface area contributed by atoms with E-state index in [1.165, 1.54) is 5.56 Å². The fourth-order valence-corrected chi connectivity index (χ4v) is 1.75. The van der Waals surface area contributed by atoms with E-state index in [1.807, 2.05) is 25.1 Å². The number of nitrogens with one attached hydrogen (secondary N) is 1. The van der Waals surface area contributed by atoms with Gasteiger partial charge in [0, 0.05) is 12.5 Å². The molecule has 4 heteroatoms. The number of hydrogen-bond donors (Lipinski definition) is 2. The van der Waals surface area contributed by atoms with E-state index in [2.05, 4.69) is 19.2 Å². The van der Waals surface area contributed by atoms with E-state index in [0.29, 0.717) is 24.5 Å². The molecule has 0 heterocycles. The molecule has 0 aromatic heterocycles. The summed E-state index contributed by atoms with van der Waals surface area (Å²) in [6.07, 6.45) is 1.10. The number of methoxy groups -OCH3 is 1. The molecule has 4 nitrogen and oxygen atoms in total. The molecule has 1 aromatic carbocycles. The average Bonchev–Trinajstić information content (AvgIpc) is 2.36. The van der Waals surface area contributed by atoms with Crippen molar-refractivity contribution in [2.75, 3.05) is 12.4 Å². The van der Waals surface area contributed by atoms with E-state index in [4.69, 9.17) is 10.5 Å². The van der Waals surface area contributed by atoms with Crippen LogP contribution in [-0.4, -0.2) is 19.1 Å². The quantitative estimate of drug-likeness (QED) is 0.830. The Morgan fingerprint density at radius 3 is 2.58 bits per heavy atom. The Labute approximate surface area is 115 Å². The fraction of sp³-hybridized carbons (Fsp3) is 0.533. The summed E-state index contributed by atoms with van der Waals surface area (Å²) >= 11 is 0. The zero-order valence-corrected chi connectivity index (χ0v) is 12.2. The van der Waals surface area contributed by atoms with Gasteiger partial charge in [0.25, 0.3) is 0 Å². The highest BCUT2D eigenvalue weighted by Gasteiger charge is 2.10. The number of carbonyl (C=O) groups is 1. The number of nitrogens with two attached hydrogens (primary N) is 1. The molecule has 0 fully saturated rings. The van der Waals surface area contributed by atoms with Crippen LogP contribution in [0.15, 0.2) is 18.2 Å². The number of anilines is 1. The third kappa shape index (κ3) is 4.91. The second-order valence-corrected chi connectivity index (χ2v) is 5.18. The van der Waals surface area contributed by atoms with Crippen molar-refractivity contribution < 1.29 is 9.53 Å². The van der Waals surface area contributed by atoms with Crippen molar-refractivity contribution in [1.82, 2.24) is 0 Å². The molecule has 0 saturated heterocycles. The van der Waals surface area contributed by atoms with Gasteiger partial charge < -0.3 is 15.8 Å². The van der Waals surface area contributed by atoms with E-state index in [0.717, 1.165) is 5.69 Å². The van der Waals surface area contributed by atoms with Gasteiger partial charge in [-0.2, -0.15) is 0 Å². The molecule has 1 unspecified atom stereocenters. The van der Waals surface area contributed by atoms with Crippen molar-refractivity contribution in [2.24, 2.45) is 5.73 Å². The third-order valence-electron chi connectivity index (χ3n) is 2.99. The van der Waals surface area contributed by atoms with Crippen LogP contribution in [0.4, 0.5) is 5.69 Å². The van der Waals surface area contributed by atoms with Crippen LogP contribution in [-0.2, 0) is 4.79 Å². The first-order chi connectivity index (χ1) is 8.93. The van der Waals surface area contributed by atoms with Crippen molar-refractivity contribution in [3.63, 3.8) is 0 Å². The maximum atomic E-state index is 11.8. The maximum absolute atomic E-state index is 11.8. The molecule has 1 aromatic rings. The lowest BCUT2D eigenvalue weighted by atomic mass is 10.0. The van der Waals surface area contributed by atoms with Gasteiger partial charge in [-0.15, -0.1) is 0 Å². The molecule has 0 spiro atoms. The Balaban J connectivity index is 2.80. The second kappa shape index (κ2) is 7.14. The minimum atomic E-state index is -0.0310. The Bertz CT molecular complexity index is 428. The predicted molar refractivity (Wildman–Crippen MR) is 78.6 cm³/mol. The highest BCUT2D eigenvalue weighted by molar-refractivity contribution is 5.92. The van der Waals surface area contributed by atoms with E-state index in [1.54, 1.807) is 7.11 Å². The standard InChI is InChI=1S/C15H24N2O2/c1-10(2)12-6-7-14(19-4)13(9-12)17-15(18)8-5-11(3)16/h6-7,9-11H,5,8,16H2,1-4H3,(H,17,18). The molecule has 3 N–H and O–H groups in total. The van der Waals surface area contributed by atoms with E-state index in [-0.39, 0.29) is 11.9 Å². The van der Waals surface area contributed by atoms with Gasteiger partial charge in [-0.1, -0.05) is 19.9 Å². The molecule has 0 aliphatic carbocycles. The number of hydrogen-bond acceptors (Lipinski definition) is 3. The molecule has 0 aliphatic rings. The Morgan fingerprint density at radius 2 is 2.05 bits per heavy atom. The summed E-state index contributed by atoms with van der Waals surface area (Å²) < 4.78 is 5.27. The summed E-state index contributed by atoms with van der Waals surface area (Å²) in [6, 6.07) is 5.90. The topological polar surface area (TPSA) is 64.3 Å². The molecule has 0 saturated carbocycles. The van der Waals surface area contributed by atoms with Crippen LogP contribution in [0.2, 0.25) is 0 Å². The first-order valence-corrected chi connectivity index (χ1v) is 6.67. The van der Waals surface area contributed by atoms with Crippen LogP contribution in [0.3, 0.4) is 0 Å². The number of carbonyl (C=O) groups excluding carboxylic acids is 1. The predicted octanol–water partition coefficient (Wildman–Crippen LogP) is 2.88. The van der Waals surface area contributed by atoms with Gasteiger partial charge in [0.05, 0.1) is 12.8 Å². The van der Waals surface area contributed by atoms with Gasteiger partial charge >= 0.3 is 0 Å². The normalized spacial score (nSPS) is 12.3. The van der Waals surface area contributed by atoms with Gasteiger partial charge in [-0.05, 0) is 37.0 Å². The molecule has 19 heavy (non-hydrogen) atoms. The van der Waals surface area contributed by atoms with Gasteiger partial charge in [0.15, 0.2) is 0 Å². The summed E-state index contributed by atoms with van der Waals surface area (Å²) in [4.78, 5) is 11.8. The number of rotatable bonds is 6. The molecular weight excluding hydrogens is 240 g/mol. The van der Waals surface area contributed by atoms with Crippen LogP contribution in [0.25, 0.3) is 0 Å². The van der Waals surface area contributed by atoms with Crippen molar-refractivity contribution in [2.45, 2.75) is 45.6 Å². The van der Waals surface area contributed by atoms with Crippen LogP contribution >= 0.6 is 0 Å². The molecular formula is C15H24N2O2. The second-order valence-electron chi connectivity index (χ2n) is 5.18. The minimum absolute atomic E-state index is 0.0310. The summed E-state index contributed by atoms with van der Waals surface area (Å²) in [5.41, 5.74) is 7.54. The lowest BCUT2D eigenvalue weighted by Gasteiger charge is -2.14. The van der Waals surface area contributed by atoms with Crippen LogP contribution in [0.1, 0.15) is 45.1 Å². The van der Waals surface area contributed by atoms with E-state index in [9.17, 15) is 4.79 Å². The van der Waals surface area contributed by atoms with Crippen molar-refractivity contribution in [1.29, 1.82) is 0 Å². The Morgan fingerprint density at radius 1 is 1.37 bits per heavy atom. The van der Waals surface area contributed by atoms with Gasteiger partial charge in [0.2, 0.25) is 5.91 Å². The average molecular weight is 264 g/mol. The van der Waals surface area contributed by atoms with Gasteiger partial charge in [0.1, 0.15) is 5.75 Å². The first kappa shape index (κ1) is 15.5. The highest BCUT2D eigenvalue weighted by Crippen LogP contribution is 2.28. The van der Waals surface area contributed by atoms with Gasteiger partial charge in [-0.25, -0.2) is 0 Å². The first-order valence-electron chi connectivity index (χ1n) is 6.67. The summed E-state index contributed by atoms with van der Waals surface area (Å²) in [5, 5.41) is 2.89. The smallest absolute Gasteiger partial charge is 0.224 e. The van der Waals surface area contributed by atoms with Crippen molar-refractivity contribution in [3.8, 4) is 5.75 Å². The van der Waals surface area contributed by atoms with Gasteiger partial charge in [-0.3, -0.25) is 4.79 Å². The number of benzene rings is 1. The van der Waals surface area contributed by atoms with Crippen LogP contribution in [0.5, 0.6) is 5.75 Å². The lowest BCUT2D eigenvalue weighted by molar-refractivity contribution is -0.116. The molecule has 1 amide bonds. The van der Waals surface area contributed by atoms with Crippen molar-refractivity contribution >= 4 is 11.6 Å². The lowest BCUT2D eigenvalue weighted by Crippen LogP contribution is -2.19.